The second-order valence-electron chi connectivity index (χ2n) is 7.26. The van der Waals surface area contributed by atoms with Crippen molar-refractivity contribution < 1.29 is 17.7 Å². The van der Waals surface area contributed by atoms with Crippen LogP contribution in [0.4, 0.5) is 0 Å². The molecule has 1 N–H and O–H groups in total. The maximum atomic E-state index is 13.1. The van der Waals surface area contributed by atoms with Crippen molar-refractivity contribution >= 4 is 15.9 Å². The van der Waals surface area contributed by atoms with Crippen LogP contribution in [0.2, 0.25) is 0 Å². The van der Waals surface area contributed by atoms with Gasteiger partial charge in [-0.15, -0.1) is 0 Å². The first-order valence-electron chi connectivity index (χ1n) is 9.71. The number of nitrogens with one attached hydrogen (secondary N) is 1. The van der Waals surface area contributed by atoms with Crippen molar-refractivity contribution in [2.75, 3.05) is 26.2 Å². The van der Waals surface area contributed by atoms with Gasteiger partial charge in [0.05, 0.1) is 11.4 Å². The zero-order valence-electron chi connectivity index (χ0n) is 16.8. The van der Waals surface area contributed by atoms with E-state index in [1.54, 1.807) is 24.8 Å². The van der Waals surface area contributed by atoms with Crippen LogP contribution in [-0.4, -0.2) is 65.1 Å². The Morgan fingerprint density at radius 1 is 1.10 bits per heavy atom. The van der Waals surface area contributed by atoms with Crippen LogP contribution in [0.25, 0.3) is 11.3 Å². The Hall–Kier alpha value is -2.98. The van der Waals surface area contributed by atoms with E-state index in [1.165, 1.54) is 4.31 Å². The maximum Gasteiger partial charge on any atom is 0.276 e. The predicted octanol–water partition coefficient (Wildman–Crippen LogP) is 2.22. The standard InChI is InChI=1S/C20H23N5O4S/c1-14-19(15(2)22-21-14)30(27,28)25-10-6-9-24(11-12-25)20(26)17-13-18(29-23-17)16-7-4-3-5-8-16/h3-5,7-8,13H,6,9-12H2,1-2H3,(H,21,22). The van der Waals surface area contributed by atoms with Crippen LogP contribution in [0, 0.1) is 13.8 Å². The fourth-order valence-corrected chi connectivity index (χ4v) is 5.46. The van der Waals surface area contributed by atoms with Gasteiger partial charge in [-0.25, -0.2) is 8.42 Å². The number of aromatic amines is 1. The largest absolute Gasteiger partial charge is 0.355 e. The van der Waals surface area contributed by atoms with Crippen LogP contribution >= 0.6 is 0 Å². The SMILES string of the molecule is Cc1n[nH]c(C)c1S(=O)(=O)N1CCCN(C(=O)c2cc(-c3ccccc3)on2)CC1. The van der Waals surface area contributed by atoms with Gasteiger partial charge in [0.1, 0.15) is 4.90 Å². The third kappa shape index (κ3) is 3.75. The molecule has 4 rings (SSSR count). The summed E-state index contributed by atoms with van der Waals surface area (Å²) >= 11 is 0. The summed E-state index contributed by atoms with van der Waals surface area (Å²) in [5, 5.41) is 10.6. The van der Waals surface area contributed by atoms with Crippen LogP contribution in [-0.2, 0) is 10.0 Å². The minimum absolute atomic E-state index is 0.210. The smallest absolute Gasteiger partial charge is 0.276 e. The van der Waals surface area contributed by atoms with Crippen LogP contribution in [0.5, 0.6) is 0 Å². The Balaban J connectivity index is 1.48. The van der Waals surface area contributed by atoms with Crippen molar-refractivity contribution in [1.82, 2.24) is 24.6 Å². The third-order valence-electron chi connectivity index (χ3n) is 5.19. The number of nitrogens with zero attached hydrogens (tertiary/aromatic N) is 4. The fraction of sp³-hybridized carbons (Fsp3) is 0.350. The van der Waals surface area contributed by atoms with Crippen LogP contribution in [0.15, 0.2) is 45.8 Å². The van der Waals surface area contributed by atoms with Crippen LogP contribution in [0.1, 0.15) is 28.3 Å². The zero-order valence-corrected chi connectivity index (χ0v) is 17.6. The molecule has 0 radical (unpaired) electrons. The molecule has 1 saturated heterocycles. The van der Waals surface area contributed by atoms with Crippen molar-refractivity contribution in [1.29, 1.82) is 0 Å². The number of rotatable bonds is 4. The molecule has 10 heteroatoms. The molecular formula is C20H23N5O4S. The Bertz CT molecular complexity index is 1130. The van der Waals surface area contributed by atoms with Crippen molar-refractivity contribution in [3.63, 3.8) is 0 Å². The van der Waals surface area contributed by atoms with Crippen molar-refractivity contribution in [2.45, 2.75) is 25.2 Å². The first kappa shape index (κ1) is 20.3. The molecule has 3 aromatic rings. The molecule has 1 fully saturated rings. The number of H-pyrrole nitrogens is 1. The van der Waals surface area contributed by atoms with Crippen molar-refractivity contribution in [3.8, 4) is 11.3 Å². The molecular weight excluding hydrogens is 406 g/mol. The van der Waals surface area contributed by atoms with Gasteiger partial charge >= 0.3 is 0 Å². The monoisotopic (exact) mass is 429 g/mol. The van der Waals surface area contributed by atoms with Gasteiger partial charge in [0.15, 0.2) is 11.5 Å². The lowest BCUT2D eigenvalue weighted by Crippen LogP contribution is -2.37. The van der Waals surface area contributed by atoms with Crippen molar-refractivity contribution in [3.05, 3.63) is 53.5 Å². The summed E-state index contributed by atoms with van der Waals surface area (Å²) in [5.74, 6) is 0.250. The molecule has 1 aliphatic heterocycles. The van der Waals surface area contributed by atoms with E-state index in [-0.39, 0.29) is 29.6 Å². The zero-order chi connectivity index (χ0) is 21.3. The summed E-state index contributed by atoms with van der Waals surface area (Å²) in [7, 11) is -3.68. The Morgan fingerprint density at radius 2 is 1.87 bits per heavy atom. The molecule has 1 amide bonds. The number of amides is 1. The highest BCUT2D eigenvalue weighted by molar-refractivity contribution is 7.89. The molecule has 0 bridgehead atoms. The molecule has 3 heterocycles. The van der Waals surface area contributed by atoms with E-state index < -0.39 is 10.0 Å². The molecule has 0 atom stereocenters. The van der Waals surface area contributed by atoms with E-state index in [1.807, 2.05) is 30.3 Å². The van der Waals surface area contributed by atoms with E-state index in [0.29, 0.717) is 36.7 Å². The van der Waals surface area contributed by atoms with Gasteiger partial charge < -0.3 is 9.42 Å². The number of hydrogen-bond donors (Lipinski definition) is 1. The Kier molecular flexibility index (Phi) is 5.44. The van der Waals surface area contributed by atoms with Crippen LogP contribution in [0.3, 0.4) is 0 Å². The molecule has 1 aliphatic rings. The summed E-state index contributed by atoms with van der Waals surface area (Å²) in [6.45, 7) is 4.63. The fourth-order valence-electron chi connectivity index (χ4n) is 3.66. The number of carbonyl (C=O) groups is 1. The predicted molar refractivity (Wildman–Crippen MR) is 109 cm³/mol. The molecule has 9 nitrogen and oxygen atoms in total. The highest BCUT2D eigenvalue weighted by Crippen LogP contribution is 2.24. The number of benzene rings is 1. The summed E-state index contributed by atoms with van der Waals surface area (Å²) in [6.07, 6.45) is 0.532. The highest BCUT2D eigenvalue weighted by Gasteiger charge is 2.32. The van der Waals surface area contributed by atoms with Gasteiger partial charge in [-0.1, -0.05) is 35.5 Å². The number of aryl methyl sites for hydroxylation is 2. The second kappa shape index (κ2) is 8.04. The van der Waals surface area contributed by atoms with Gasteiger partial charge in [0.25, 0.3) is 5.91 Å². The second-order valence-corrected chi connectivity index (χ2v) is 9.13. The Labute approximate surface area is 174 Å². The lowest BCUT2D eigenvalue weighted by atomic mass is 10.1. The molecule has 0 aliphatic carbocycles. The van der Waals surface area contributed by atoms with E-state index in [2.05, 4.69) is 15.4 Å². The number of aromatic nitrogens is 3. The van der Waals surface area contributed by atoms with E-state index in [4.69, 9.17) is 4.52 Å². The average Bonchev–Trinajstić information content (AvgIpc) is 3.27. The van der Waals surface area contributed by atoms with Crippen molar-refractivity contribution in [2.24, 2.45) is 0 Å². The lowest BCUT2D eigenvalue weighted by Gasteiger charge is -2.21. The molecule has 158 valence electrons. The third-order valence-corrected chi connectivity index (χ3v) is 7.35. The normalized spacial score (nSPS) is 15.9. The molecule has 1 aromatic carbocycles. The van der Waals surface area contributed by atoms with Gasteiger partial charge in [-0.3, -0.25) is 9.89 Å². The van der Waals surface area contributed by atoms with Gasteiger partial charge in [0.2, 0.25) is 10.0 Å². The average molecular weight is 430 g/mol. The van der Waals surface area contributed by atoms with Gasteiger partial charge in [-0.2, -0.15) is 9.40 Å². The number of sulfonamides is 1. The number of hydrogen-bond acceptors (Lipinski definition) is 6. The number of carbonyl (C=O) groups excluding carboxylic acids is 1. The van der Waals surface area contributed by atoms with E-state index in [0.717, 1.165) is 5.56 Å². The molecule has 2 aromatic heterocycles. The first-order chi connectivity index (χ1) is 14.4. The maximum absolute atomic E-state index is 13.1. The quantitative estimate of drug-likeness (QED) is 0.680. The summed E-state index contributed by atoms with van der Waals surface area (Å²) < 4.78 is 32.9. The molecule has 0 unspecified atom stereocenters. The summed E-state index contributed by atoms with van der Waals surface area (Å²) in [4.78, 5) is 14.7. The summed E-state index contributed by atoms with van der Waals surface area (Å²) in [6, 6.07) is 11.0. The van der Waals surface area contributed by atoms with E-state index >= 15 is 0 Å². The minimum atomic E-state index is -3.68. The lowest BCUT2D eigenvalue weighted by molar-refractivity contribution is 0.0754. The van der Waals surface area contributed by atoms with E-state index in [9.17, 15) is 13.2 Å². The highest BCUT2D eigenvalue weighted by atomic mass is 32.2. The van der Waals surface area contributed by atoms with Gasteiger partial charge in [-0.05, 0) is 20.3 Å². The molecule has 0 saturated carbocycles. The minimum Gasteiger partial charge on any atom is -0.355 e. The Morgan fingerprint density at radius 3 is 2.57 bits per heavy atom. The van der Waals surface area contributed by atoms with Gasteiger partial charge in [0, 0.05) is 37.8 Å². The summed E-state index contributed by atoms with van der Waals surface area (Å²) in [5.41, 5.74) is 2.01. The molecule has 0 spiro atoms. The topological polar surface area (TPSA) is 112 Å². The van der Waals surface area contributed by atoms with Crippen LogP contribution < -0.4 is 0 Å². The first-order valence-corrected chi connectivity index (χ1v) is 11.1. The molecule has 30 heavy (non-hydrogen) atoms.